The molecular formula is C20H20N2O3S. The molecule has 2 N–H and O–H groups in total. The summed E-state index contributed by atoms with van der Waals surface area (Å²) in [6.07, 6.45) is 4.67. The van der Waals surface area contributed by atoms with Gasteiger partial charge in [-0.05, 0) is 37.7 Å². The van der Waals surface area contributed by atoms with Crippen LogP contribution < -0.4 is 5.32 Å². The van der Waals surface area contributed by atoms with Gasteiger partial charge in [-0.15, -0.1) is 11.3 Å². The highest BCUT2D eigenvalue weighted by atomic mass is 32.1. The summed E-state index contributed by atoms with van der Waals surface area (Å²) in [5.41, 5.74) is 4.19. The summed E-state index contributed by atoms with van der Waals surface area (Å²) in [6.45, 7) is 4.09. The van der Waals surface area contributed by atoms with Crippen molar-refractivity contribution in [3.63, 3.8) is 0 Å². The highest BCUT2D eigenvalue weighted by molar-refractivity contribution is 7.14. The number of benzene rings is 1. The normalized spacial score (nSPS) is 26.2. The van der Waals surface area contributed by atoms with Crippen LogP contribution in [-0.2, 0) is 9.59 Å². The lowest BCUT2D eigenvalue weighted by Crippen LogP contribution is -2.36. The second-order valence-electron chi connectivity index (χ2n) is 7.18. The number of rotatable bonds is 4. The van der Waals surface area contributed by atoms with Crippen LogP contribution >= 0.6 is 11.3 Å². The number of carboxylic acids is 1. The highest BCUT2D eigenvalue weighted by Gasteiger charge is 2.51. The molecular weight excluding hydrogens is 348 g/mol. The molecule has 1 heterocycles. The van der Waals surface area contributed by atoms with Gasteiger partial charge in [0.05, 0.1) is 17.5 Å². The molecule has 0 radical (unpaired) electrons. The molecule has 5 nitrogen and oxygen atoms in total. The van der Waals surface area contributed by atoms with Crippen molar-refractivity contribution in [1.82, 2.24) is 4.98 Å². The summed E-state index contributed by atoms with van der Waals surface area (Å²) in [7, 11) is 0. The number of carbonyl (C=O) groups is 2. The van der Waals surface area contributed by atoms with Crippen LogP contribution in [0.4, 0.5) is 5.13 Å². The molecule has 2 aliphatic rings. The van der Waals surface area contributed by atoms with E-state index in [1.165, 1.54) is 16.9 Å². The van der Waals surface area contributed by atoms with E-state index in [9.17, 15) is 14.7 Å². The maximum atomic E-state index is 12.7. The number of nitrogens with one attached hydrogen (secondary N) is 1. The Hall–Kier alpha value is -2.47. The van der Waals surface area contributed by atoms with Crippen LogP contribution in [0.1, 0.15) is 17.5 Å². The standard InChI is InChI=1S/C20H20N2O3S/c1-10-3-6-14(11(2)7-10)15-9-26-20(21-15)22-18(23)16-12-4-5-13(8-12)17(16)19(24)25/h3-7,9,12-13,16-17H,8H2,1-2H3,(H,24,25)(H,21,22,23)/t12-,13-,16-,17+/m0/s1. The largest absolute Gasteiger partial charge is 0.481 e. The van der Waals surface area contributed by atoms with Gasteiger partial charge >= 0.3 is 5.97 Å². The Morgan fingerprint density at radius 2 is 1.92 bits per heavy atom. The van der Waals surface area contributed by atoms with Gasteiger partial charge in [-0.1, -0.05) is 35.9 Å². The Balaban J connectivity index is 1.53. The third-order valence-electron chi connectivity index (χ3n) is 5.44. The van der Waals surface area contributed by atoms with Crippen molar-refractivity contribution in [1.29, 1.82) is 0 Å². The summed E-state index contributed by atoms with van der Waals surface area (Å²) in [5, 5.41) is 14.8. The number of carbonyl (C=O) groups excluding carboxylic acids is 1. The lowest BCUT2D eigenvalue weighted by Gasteiger charge is -2.23. The summed E-state index contributed by atoms with van der Waals surface area (Å²) >= 11 is 1.37. The van der Waals surface area contributed by atoms with Crippen molar-refractivity contribution < 1.29 is 14.7 Å². The fourth-order valence-electron chi connectivity index (χ4n) is 4.26. The van der Waals surface area contributed by atoms with Gasteiger partial charge < -0.3 is 10.4 Å². The van der Waals surface area contributed by atoms with Crippen LogP contribution in [0.3, 0.4) is 0 Å². The van der Waals surface area contributed by atoms with Crippen LogP contribution in [0.5, 0.6) is 0 Å². The average molecular weight is 368 g/mol. The number of carboxylic acid groups (broad SMARTS) is 1. The van der Waals surface area contributed by atoms with Crippen molar-refractivity contribution in [3.05, 3.63) is 46.9 Å². The molecule has 2 bridgehead atoms. The van der Waals surface area contributed by atoms with E-state index < -0.39 is 17.8 Å². The van der Waals surface area contributed by atoms with Gasteiger partial charge in [0.25, 0.3) is 0 Å². The SMILES string of the molecule is Cc1ccc(-c2csc(NC(=O)[C@@H]3[C@H](C(=O)O)[C@H]4C=C[C@H]3C4)n2)c(C)c1. The molecule has 2 aliphatic carbocycles. The van der Waals surface area contributed by atoms with E-state index in [1.54, 1.807) is 0 Å². The third-order valence-corrected chi connectivity index (χ3v) is 6.20. The number of fused-ring (bicyclic) bond motifs is 2. The van der Waals surface area contributed by atoms with Crippen LogP contribution in [0.15, 0.2) is 35.7 Å². The zero-order valence-electron chi connectivity index (χ0n) is 14.6. The smallest absolute Gasteiger partial charge is 0.307 e. The number of hydrogen-bond donors (Lipinski definition) is 2. The number of aliphatic carboxylic acids is 1. The van der Waals surface area contributed by atoms with Gasteiger partial charge in [0.15, 0.2) is 5.13 Å². The molecule has 1 fully saturated rings. The fourth-order valence-corrected chi connectivity index (χ4v) is 4.97. The lowest BCUT2D eigenvalue weighted by molar-refractivity contribution is -0.146. The topological polar surface area (TPSA) is 79.3 Å². The van der Waals surface area contributed by atoms with Crippen LogP contribution in [0, 0.1) is 37.5 Å². The first-order chi connectivity index (χ1) is 12.4. The number of aromatic nitrogens is 1. The maximum Gasteiger partial charge on any atom is 0.307 e. The van der Waals surface area contributed by atoms with E-state index in [-0.39, 0.29) is 17.7 Å². The quantitative estimate of drug-likeness (QED) is 0.803. The molecule has 4 atom stereocenters. The van der Waals surface area contributed by atoms with Crippen LogP contribution in [0.25, 0.3) is 11.3 Å². The Morgan fingerprint density at radius 1 is 1.19 bits per heavy atom. The van der Waals surface area contributed by atoms with Gasteiger partial charge in [0.2, 0.25) is 5.91 Å². The zero-order valence-corrected chi connectivity index (χ0v) is 15.4. The van der Waals surface area contributed by atoms with Crippen LogP contribution in [-0.4, -0.2) is 22.0 Å². The van der Waals surface area contributed by atoms with Gasteiger partial charge in [-0.3, -0.25) is 9.59 Å². The molecule has 1 aromatic carbocycles. The molecule has 1 saturated carbocycles. The maximum absolute atomic E-state index is 12.7. The summed E-state index contributed by atoms with van der Waals surface area (Å²) in [5.74, 6) is -2.30. The fraction of sp³-hybridized carbons (Fsp3) is 0.350. The Morgan fingerprint density at radius 3 is 2.62 bits per heavy atom. The first kappa shape index (κ1) is 17.0. The number of nitrogens with zero attached hydrogens (tertiary/aromatic N) is 1. The minimum absolute atomic E-state index is 0.0138. The van der Waals surface area contributed by atoms with Gasteiger partial charge in [-0.2, -0.15) is 0 Å². The van der Waals surface area contributed by atoms with Crippen LogP contribution in [0.2, 0.25) is 0 Å². The van der Waals surface area contributed by atoms with Gasteiger partial charge in [0.1, 0.15) is 0 Å². The molecule has 0 unspecified atom stereocenters. The number of amides is 1. The van der Waals surface area contributed by atoms with E-state index in [0.717, 1.165) is 23.2 Å². The van der Waals surface area contributed by atoms with Crippen molar-refractivity contribution in [2.24, 2.45) is 23.7 Å². The number of allylic oxidation sites excluding steroid dienone is 2. The summed E-state index contributed by atoms with van der Waals surface area (Å²) in [6, 6.07) is 6.18. The van der Waals surface area contributed by atoms with Crippen molar-refractivity contribution in [3.8, 4) is 11.3 Å². The first-order valence-corrected chi connectivity index (χ1v) is 9.57. The number of aryl methyl sites for hydroxylation is 2. The summed E-state index contributed by atoms with van der Waals surface area (Å²) < 4.78 is 0. The second kappa shape index (κ2) is 6.36. The lowest BCUT2D eigenvalue weighted by atomic mass is 9.82. The number of anilines is 1. The van der Waals surface area contributed by atoms with E-state index >= 15 is 0 Å². The molecule has 2 aromatic rings. The minimum Gasteiger partial charge on any atom is -0.481 e. The second-order valence-corrected chi connectivity index (χ2v) is 8.04. The molecule has 4 rings (SSSR count). The highest BCUT2D eigenvalue weighted by Crippen LogP contribution is 2.48. The number of thiazole rings is 1. The first-order valence-electron chi connectivity index (χ1n) is 8.69. The Labute approximate surface area is 155 Å². The molecule has 0 aliphatic heterocycles. The van der Waals surface area contributed by atoms with E-state index in [1.807, 2.05) is 43.5 Å². The van der Waals surface area contributed by atoms with Crippen molar-refractivity contribution in [2.75, 3.05) is 5.32 Å². The molecule has 0 saturated heterocycles. The van der Waals surface area contributed by atoms with Crippen molar-refractivity contribution >= 4 is 28.3 Å². The molecule has 6 heteroatoms. The molecule has 0 spiro atoms. The molecule has 1 amide bonds. The Bertz CT molecular complexity index is 918. The third kappa shape index (κ3) is 2.84. The minimum atomic E-state index is -0.892. The zero-order chi connectivity index (χ0) is 18.4. The molecule has 134 valence electrons. The Kier molecular flexibility index (Phi) is 4.15. The molecule has 26 heavy (non-hydrogen) atoms. The number of hydrogen-bond acceptors (Lipinski definition) is 4. The predicted octanol–water partition coefficient (Wildman–Crippen LogP) is 3.89. The monoisotopic (exact) mass is 368 g/mol. The van der Waals surface area contributed by atoms with E-state index in [0.29, 0.717) is 5.13 Å². The molecule has 1 aromatic heterocycles. The van der Waals surface area contributed by atoms with Crippen molar-refractivity contribution in [2.45, 2.75) is 20.3 Å². The van der Waals surface area contributed by atoms with E-state index in [2.05, 4.69) is 16.4 Å². The average Bonchev–Trinajstić information content (AvgIpc) is 3.29. The summed E-state index contributed by atoms with van der Waals surface area (Å²) in [4.78, 5) is 28.9. The predicted molar refractivity (Wildman–Crippen MR) is 101 cm³/mol. The van der Waals surface area contributed by atoms with Gasteiger partial charge in [-0.25, -0.2) is 4.98 Å². The van der Waals surface area contributed by atoms with Gasteiger partial charge in [0, 0.05) is 10.9 Å². The van der Waals surface area contributed by atoms with E-state index in [4.69, 9.17) is 0 Å².